The Kier molecular flexibility index (Phi) is 7.67. The summed E-state index contributed by atoms with van der Waals surface area (Å²) in [5.74, 6) is 0.387. The number of piperidine rings is 1. The van der Waals surface area contributed by atoms with Crippen molar-refractivity contribution >= 4 is 15.9 Å². The van der Waals surface area contributed by atoms with Crippen LogP contribution in [0, 0.1) is 5.92 Å². The van der Waals surface area contributed by atoms with Gasteiger partial charge in [0.2, 0.25) is 15.9 Å². The molecular formula is C25H33N3O4S. The van der Waals surface area contributed by atoms with Crippen molar-refractivity contribution in [2.45, 2.75) is 36.6 Å². The summed E-state index contributed by atoms with van der Waals surface area (Å²) >= 11 is 0. The normalized spacial score (nSPS) is 20.9. The van der Waals surface area contributed by atoms with Crippen LogP contribution in [-0.2, 0) is 14.8 Å². The summed E-state index contributed by atoms with van der Waals surface area (Å²) in [4.78, 5) is 15.8. The summed E-state index contributed by atoms with van der Waals surface area (Å²) in [6.07, 6.45) is 3.66. The zero-order valence-electron chi connectivity index (χ0n) is 19.2. The third-order valence-corrected chi connectivity index (χ3v) is 8.56. The minimum atomic E-state index is -3.60. The van der Waals surface area contributed by atoms with Gasteiger partial charge in [0.25, 0.3) is 0 Å². The van der Waals surface area contributed by atoms with Crippen LogP contribution in [0.2, 0.25) is 0 Å². The van der Waals surface area contributed by atoms with Crippen molar-refractivity contribution in [3.8, 4) is 5.75 Å². The molecule has 0 radical (unpaired) electrons. The molecule has 7 nitrogen and oxygen atoms in total. The van der Waals surface area contributed by atoms with Gasteiger partial charge < -0.3 is 10.1 Å². The van der Waals surface area contributed by atoms with E-state index in [0.717, 1.165) is 37.2 Å². The second-order valence-electron chi connectivity index (χ2n) is 8.76. The number of para-hydroxylation sites is 1. The van der Waals surface area contributed by atoms with E-state index in [4.69, 9.17) is 4.74 Å². The lowest BCUT2D eigenvalue weighted by molar-refractivity contribution is -0.126. The number of hydrogen-bond donors (Lipinski definition) is 1. The van der Waals surface area contributed by atoms with Crippen molar-refractivity contribution < 1.29 is 17.9 Å². The number of carbonyl (C=O) groups excluding carboxylic acids is 1. The molecule has 2 heterocycles. The van der Waals surface area contributed by atoms with Crippen molar-refractivity contribution in [2.24, 2.45) is 5.92 Å². The highest BCUT2D eigenvalue weighted by atomic mass is 32.2. The number of rotatable bonds is 8. The molecule has 2 aliphatic heterocycles. The quantitative estimate of drug-likeness (QED) is 0.640. The van der Waals surface area contributed by atoms with Crippen LogP contribution in [0.5, 0.6) is 5.75 Å². The Labute approximate surface area is 196 Å². The Balaban J connectivity index is 1.44. The molecule has 2 saturated heterocycles. The highest BCUT2D eigenvalue weighted by Gasteiger charge is 2.34. The van der Waals surface area contributed by atoms with Crippen LogP contribution in [0.1, 0.15) is 37.3 Å². The number of hydrogen-bond acceptors (Lipinski definition) is 5. The number of sulfonamides is 1. The minimum Gasteiger partial charge on any atom is -0.496 e. The average molecular weight is 472 g/mol. The fourth-order valence-corrected chi connectivity index (χ4v) is 6.43. The molecule has 0 saturated carbocycles. The first-order chi connectivity index (χ1) is 16.0. The van der Waals surface area contributed by atoms with E-state index in [9.17, 15) is 13.2 Å². The van der Waals surface area contributed by atoms with Crippen molar-refractivity contribution in [3.05, 3.63) is 60.2 Å². The molecule has 2 unspecified atom stereocenters. The molecule has 0 bridgehead atoms. The molecule has 0 spiro atoms. The Bertz CT molecular complexity index is 1040. The van der Waals surface area contributed by atoms with Gasteiger partial charge in [-0.15, -0.1) is 0 Å². The fraction of sp³-hybridized carbons (Fsp3) is 0.480. The second kappa shape index (κ2) is 10.7. The maximum Gasteiger partial charge on any atom is 0.243 e. The fourth-order valence-electron chi connectivity index (χ4n) is 4.89. The van der Waals surface area contributed by atoms with E-state index < -0.39 is 10.0 Å². The molecule has 0 aliphatic carbocycles. The number of amides is 1. The molecule has 4 rings (SSSR count). The first-order valence-corrected chi connectivity index (χ1v) is 13.1. The van der Waals surface area contributed by atoms with Crippen LogP contribution < -0.4 is 10.1 Å². The van der Waals surface area contributed by atoms with Gasteiger partial charge in [-0.05, 0) is 57.0 Å². The molecule has 0 aromatic heterocycles. The van der Waals surface area contributed by atoms with E-state index in [1.165, 1.54) is 4.31 Å². The maximum absolute atomic E-state index is 13.1. The monoisotopic (exact) mass is 471 g/mol. The molecule has 2 fully saturated rings. The molecular weight excluding hydrogens is 438 g/mol. The van der Waals surface area contributed by atoms with Crippen molar-refractivity contribution in [1.29, 1.82) is 0 Å². The number of likely N-dealkylation sites (tertiary alicyclic amines) is 1. The van der Waals surface area contributed by atoms with Crippen molar-refractivity contribution in [3.63, 3.8) is 0 Å². The van der Waals surface area contributed by atoms with Crippen molar-refractivity contribution in [1.82, 2.24) is 14.5 Å². The summed E-state index contributed by atoms with van der Waals surface area (Å²) in [6.45, 7) is 3.11. The van der Waals surface area contributed by atoms with Gasteiger partial charge in [0.1, 0.15) is 5.75 Å². The Morgan fingerprint density at radius 2 is 1.73 bits per heavy atom. The molecule has 1 N–H and O–H groups in total. The van der Waals surface area contributed by atoms with Gasteiger partial charge in [0.15, 0.2) is 0 Å². The highest BCUT2D eigenvalue weighted by molar-refractivity contribution is 7.89. The molecule has 2 aliphatic rings. The van der Waals surface area contributed by atoms with E-state index in [2.05, 4.69) is 16.3 Å². The largest absolute Gasteiger partial charge is 0.496 e. The topological polar surface area (TPSA) is 79.0 Å². The lowest BCUT2D eigenvalue weighted by Gasteiger charge is -2.33. The van der Waals surface area contributed by atoms with Gasteiger partial charge in [-0.1, -0.05) is 36.4 Å². The number of benzene rings is 2. The lowest BCUT2D eigenvalue weighted by atomic mass is 9.98. The zero-order valence-corrected chi connectivity index (χ0v) is 20.0. The Morgan fingerprint density at radius 3 is 2.45 bits per heavy atom. The highest BCUT2D eigenvalue weighted by Crippen LogP contribution is 2.31. The zero-order chi connectivity index (χ0) is 23.3. The van der Waals surface area contributed by atoms with Crippen LogP contribution in [0.3, 0.4) is 0 Å². The predicted octanol–water partition coefficient (Wildman–Crippen LogP) is 3.05. The van der Waals surface area contributed by atoms with Gasteiger partial charge in [-0.25, -0.2) is 8.42 Å². The van der Waals surface area contributed by atoms with E-state index >= 15 is 0 Å². The molecule has 2 atom stereocenters. The number of carbonyl (C=O) groups is 1. The first kappa shape index (κ1) is 23.7. The Hall–Kier alpha value is -2.42. The molecule has 33 heavy (non-hydrogen) atoms. The van der Waals surface area contributed by atoms with E-state index in [1.807, 2.05) is 18.2 Å². The lowest BCUT2D eigenvalue weighted by Crippen LogP contribution is -2.46. The number of nitrogens with zero attached hydrogens (tertiary/aromatic N) is 2. The van der Waals surface area contributed by atoms with Gasteiger partial charge in [0.05, 0.1) is 24.0 Å². The number of nitrogens with one attached hydrogen (secondary N) is 1. The molecule has 1 amide bonds. The summed E-state index contributed by atoms with van der Waals surface area (Å²) in [5.41, 5.74) is 1.07. The summed E-state index contributed by atoms with van der Waals surface area (Å²) in [5, 5.41) is 3.13. The molecule has 2 aromatic rings. The summed E-state index contributed by atoms with van der Waals surface area (Å²) < 4.78 is 33.1. The standard InChI is InChI=1S/C25H33N3O4S/c1-32-24-14-6-5-13-22(24)23(27-15-7-8-16-27)18-26-25(29)20-10-9-17-28(19-20)33(30,31)21-11-3-2-4-12-21/h2-6,11-14,20,23H,7-10,15-19H2,1H3,(H,26,29). The van der Waals surface area contributed by atoms with Gasteiger partial charge >= 0.3 is 0 Å². The van der Waals surface area contributed by atoms with E-state index in [-0.39, 0.29) is 29.3 Å². The van der Waals surface area contributed by atoms with E-state index in [0.29, 0.717) is 25.9 Å². The van der Waals surface area contributed by atoms with Crippen LogP contribution in [0.15, 0.2) is 59.5 Å². The van der Waals surface area contributed by atoms with Crippen LogP contribution in [0.4, 0.5) is 0 Å². The smallest absolute Gasteiger partial charge is 0.243 e. The van der Waals surface area contributed by atoms with Crippen LogP contribution in [0.25, 0.3) is 0 Å². The van der Waals surface area contributed by atoms with Gasteiger partial charge in [-0.3, -0.25) is 9.69 Å². The van der Waals surface area contributed by atoms with Gasteiger partial charge in [-0.2, -0.15) is 4.31 Å². The van der Waals surface area contributed by atoms with Crippen LogP contribution in [-0.4, -0.2) is 63.4 Å². The molecule has 178 valence electrons. The first-order valence-electron chi connectivity index (χ1n) is 11.7. The maximum atomic E-state index is 13.1. The van der Waals surface area contributed by atoms with E-state index in [1.54, 1.807) is 37.4 Å². The molecule has 8 heteroatoms. The van der Waals surface area contributed by atoms with Crippen LogP contribution >= 0.6 is 0 Å². The summed E-state index contributed by atoms with van der Waals surface area (Å²) in [6, 6.07) is 16.4. The second-order valence-corrected chi connectivity index (χ2v) is 10.7. The number of methoxy groups -OCH3 is 1. The third-order valence-electron chi connectivity index (χ3n) is 6.68. The minimum absolute atomic E-state index is 0.0281. The predicted molar refractivity (Wildman–Crippen MR) is 127 cm³/mol. The SMILES string of the molecule is COc1ccccc1C(CNC(=O)C1CCCN(S(=O)(=O)c2ccccc2)C1)N1CCCC1. The van der Waals surface area contributed by atoms with Gasteiger partial charge in [0, 0.05) is 25.2 Å². The Morgan fingerprint density at radius 1 is 1.03 bits per heavy atom. The molecule has 2 aromatic carbocycles. The average Bonchev–Trinajstić information content (AvgIpc) is 3.39. The number of ether oxygens (including phenoxy) is 1. The third kappa shape index (κ3) is 5.39. The van der Waals surface area contributed by atoms with Crippen molar-refractivity contribution in [2.75, 3.05) is 39.8 Å². The summed E-state index contributed by atoms with van der Waals surface area (Å²) in [7, 11) is -1.93.